The average molecular weight is 399 g/mol. The maximum atomic E-state index is 12.6. The van der Waals surface area contributed by atoms with Crippen LogP contribution in [-0.2, 0) is 6.54 Å². The van der Waals surface area contributed by atoms with Crippen LogP contribution in [0.3, 0.4) is 0 Å². The molecule has 0 spiro atoms. The molecule has 0 bridgehead atoms. The van der Waals surface area contributed by atoms with Crippen molar-refractivity contribution in [1.82, 2.24) is 14.8 Å². The lowest BCUT2D eigenvalue weighted by molar-refractivity contribution is -0.384. The lowest BCUT2D eigenvalue weighted by Gasteiger charge is -2.09. The van der Waals surface area contributed by atoms with Gasteiger partial charge in [-0.05, 0) is 29.8 Å². The van der Waals surface area contributed by atoms with Crippen LogP contribution >= 0.6 is 0 Å². The lowest BCUT2D eigenvalue weighted by atomic mass is 10.0. The number of rotatable bonds is 7. The Morgan fingerprint density at radius 3 is 2.43 bits per heavy atom. The van der Waals surface area contributed by atoms with Crippen LogP contribution in [0.1, 0.15) is 21.5 Å². The summed E-state index contributed by atoms with van der Waals surface area (Å²) in [5.74, 6) is -0.256. The summed E-state index contributed by atoms with van der Waals surface area (Å²) in [5, 5.41) is 18.7. The molecule has 0 saturated carbocycles. The average Bonchev–Trinajstić information content (AvgIpc) is 3.33. The van der Waals surface area contributed by atoms with E-state index in [2.05, 4.69) is 15.4 Å². The smallest absolute Gasteiger partial charge is 0.293 e. The number of benzene rings is 3. The number of hydrogen-bond donors (Lipinski definition) is 1. The molecule has 0 fully saturated rings. The lowest BCUT2D eigenvalue weighted by Crippen LogP contribution is -2.06. The number of nitrogens with one attached hydrogen (secondary N) is 1. The third kappa shape index (κ3) is 4.07. The molecule has 1 heterocycles. The van der Waals surface area contributed by atoms with Crippen molar-refractivity contribution in [1.29, 1.82) is 0 Å². The van der Waals surface area contributed by atoms with Crippen LogP contribution < -0.4 is 5.32 Å². The highest BCUT2D eigenvalue weighted by Gasteiger charge is 2.18. The molecule has 1 aromatic heterocycles. The fourth-order valence-electron chi connectivity index (χ4n) is 3.03. The van der Waals surface area contributed by atoms with Gasteiger partial charge in [0.05, 0.1) is 10.6 Å². The minimum atomic E-state index is -0.488. The molecule has 0 atom stereocenters. The molecule has 0 saturated heterocycles. The summed E-state index contributed by atoms with van der Waals surface area (Å²) < 4.78 is 1.64. The quantitative estimate of drug-likeness (QED) is 0.286. The van der Waals surface area contributed by atoms with E-state index in [0.717, 1.165) is 11.3 Å². The van der Waals surface area contributed by atoms with Gasteiger partial charge < -0.3 is 5.32 Å². The SMILES string of the molecule is O=C(c1ccccc1)c1ccc(NCc2ccc(-n3cncn3)cc2)c([N+](=O)[O-])c1. The number of nitro groups is 1. The standard InChI is InChI=1S/C22H17N5O3/c28-22(17-4-2-1-3-5-17)18-8-11-20(21(12-18)27(29)30)24-13-16-6-9-19(10-7-16)26-15-23-14-25-26/h1-12,14-15,24H,13H2. The highest BCUT2D eigenvalue weighted by atomic mass is 16.6. The minimum Gasteiger partial charge on any atom is -0.375 e. The summed E-state index contributed by atoms with van der Waals surface area (Å²) in [5.41, 5.74) is 2.78. The molecule has 8 nitrogen and oxygen atoms in total. The molecular weight excluding hydrogens is 382 g/mol. The monoisotopic (exact) mass is 399 g/mol. The van der Waals surface area contributed by atoms with Crippen molar-refractivity contribution >= 4 is 17.2 Å². The number of carbonyl (C=O) groups is 1. The molecule has 0 unspecified atom stereocenters. The number of carbonyl (C=O) groups excluding carboxylic acids is 1. The summed E-state index contributed by atoms with van der Waals surface area (Å²) in [7, 11) is 0. The molecule has 8 heteroatoms. The van der Waals surface area contributed by atoms with Gasteiger partial charge in [-0.1, -0.05) is 42.5 Å². The van der Waals surface area contributed by atoms with Crippen molar-refractivity contribution in [3.63, 3.8) is 0 Å². The van der Waals surface area contributed by atoms with Gasteiger partial charge in [-0.15, -0.1) is 0 Å². The molecule has 0 aliphatic carbocycles. The molecule has 0 aliphatic heterocycles. The van der Waals surface area contributed by atoms with E-state index in [4.69, 9.17) is 0 Å². The van der Waals surface area contributed by atoms with Gasteiger partial charge in [0.2, 0.25) is 0 Å². The first-order valence-corrected chi connectivity index (χ1v) is 9.18. The Morgan fingerprint density at radius 2 is 1.77 bits per heavy atom. The summed E-state index contributed by atoms with van der Waals surface area (Å²) in [4.78, 5) is 27.6. The molecular formula is C22H17N5O3. The highest BCUT2D eigenvalue weighted by molar-refractivity contribution is 6.09. The zero-order valence-electron chi connectivity index (χ0n) is 15.8. The van der Waals surface area contributed by atoms with E-state index in [1.807, 2.05) is 30.3 Å². The molecule has 0 radical (unpaired) electrons. The molecule has 30 heavy (non-hydrogen) atoms. The Bertz CT molecular complexity index is 1170. The minimum absolute atomic E-state index is 0.143. The molecule has 3 aromatic carbocycles. The van der Waals surface area contributed by atoms with Crippen molar-refractivity contribution < 1.29 is 9.72 Å². The van der Waals surface area contributed by atoms with E-state index in [0.29, 0.717) is 17.8 Å². The maximum absolute atomic E-state index is 12.6. The number of nitro benzene ring substituents is 1. The van der Waals surface area contributed by atoms with E-state index in [1.54, 1.807) is 47.4 Å². The van der Waals surface area contributed by atoms with Gasteiger partial charge in [0.25, 0.3) is 5.69 Å². The second kappa shape index (κ2) is 8.36. The Balaban J connectivity index is 1.51. The van der Waals surface area contributed by atoms with E-state index in [9.17, 15) is 14.9 Å². The maximum Gasteiger partial charge on any atom is 0.293 e. The summed E-state index contributed by atoms with van der Waals surface area (Å²) in [6, 6.07) is 20.8. The third-order valence-electron chi connectivity index (χ3n) is 4.60. The molecule has 1 N–H and O–H groups in total. The van der Waals surface area contributed by atoms with Crippen molar-refractivity contribution in [2.75, 3.05) is 5.32 Å². The van der Waals surface area contributed by atoms with E-state index < -0.39 is 4.92 Å². The Kier molecular flexibility index (Phi) is 5.29. The Labute approximate surface area is 172 Å². The van der Waals surface area contributed by atoms with Crippen LogP contribution in [0.2, 0.25) is 0 Å². The van der Waals surface area contributed by atoms with Gasteiger partial charge in [0.15, 0.2) is 5.78 Å². The highest BCUT2D eigenvalue weighted by Crippen LogP contribution is 2.27. The number of hydrogen-bond acceptors (Lipinski definition) is 6. The van der Waals surface area contributed by atoms with Crippen LogP contribution in [0.4, 0.5) is 11.4 Å². The van der Waals surface area contributed by atoms with Crippen molar-refractivity contribution in [2.45, 2.75) is 6.54 Å². The zero-order chi connectivity index (χ0) is 20.9. The van der Waals surface area contributed by atoms with Crippen molar-refractivity contribution in [2.24, 2.45) is 0 Å². The molecule has 148 valence electrons. The second-order valence-electron chi connectivity index (χ2n) is 6.54. The predicted molar refractivity (Wildman–Crippen MR) is 112 cm³/mol. The van der Waals surface area contributed by atoms with Crippen molar-refractivity contribution in [3.8, 4) is 5.69 Å². The molecule has 4 aromatic rings. The van der Waals surface area contributed by atoms with Crippen molar-refractivity contribution in [3.05, 3.63) is 112 Å². The third-order valence-corrected chi connectivity index (χ3v) is 4.60. The summed E-state index contributed by atoms with van der Waals surface area (Å²) in [6.45, 7) is 0.393. The van der Waals surface area contributed by atoms with Crippen LogP contribution in [0.15, 0.2) is 85.5 Å². The molecule has 0 aliphatic rings. The van der Waals surface area contributed by atoms with Gasteiger partial charge >= 0.3 is 0 Å². The molecule has 0 amide bonds. The Hall–Kier alpha value is -4.33. The first-order valence-electron chi connectivity index (χ1n) is 9.18. The van der Waals surface area contributed by atoms with Gasteiger partial charge in [0.1, 0.15) is 18.3 Å². The predicted octanol–water partition coefficient (Wildman–Crippen LogP) is 4.02. The van der Waals surface area contributed by atoms with Crippen LogP contribution in [0.25, 0.3) is 5.69 Å². The summed E-state index contributed by atoms with van der Waals surface area (Å²) >= 11 is 0. The first-order chi connectivity index (χ1) is 14.6. The number of anilines is 1. The van der Waals surface area contributed by atoms with Gasteiger partial charge in [0, 0.05) is 23.7 Å². The Morgan fingerprint density at radius 1 is 1.00 bits per heavy atom. The van der Waals surface area contributed by atoms with E-state index in [1.165, 1.54) is 12.4 Å². The second-order valence-corrected chi connectivity index (χ2v) is 6.54. The number of nitrogens with zero attached hydrogens (tertiary/aromatic N) is 4. The van der Waals surface area contributed by atoms with Crippen LogP contribution in [-0.4, -0.2) is 25.5 Å². The summed E-state index contributed by atoms with van der Waals surface area (Å²) in [6.07, 6.45) is 3.07. The molecule has 4 rings (SSSR count). The fraction of sp³-hybridized carbons (Fsp3) is 0.0455. The van der Waals surface area contributed by atoms with Gasteiger partial charge in [-0.25, -0.2) is 9.67 Å². The largest absolute Gasteiger partial charge is 0.375 e. The number of ketones is 1. The first kappa shape index (κ1) is 19.0. The van der Waals surface area contributed by atoms with Crippen LogP contribution in [0, 0.1) is 10.1 Å². The number of aromatic nitrogens is 3. The van der Waals surface area contributed by atoms with Gasteiger partial charge in [-0.2, -0.15) is 5.10 Å². The van der Waals surface area contributed by atoms with E-state index >= 15 is 0 Å². The topological polar surface area (TPSA) is 103 Å². The van der Waals surface area contributed by atoms with E-state index in [-0.39, 0.29) is 17.0 Å². The fourth-order valence-corrected chi connectivity index (χ4v) is 3.03. The zero-order valence-corrected chi connectivity index (χ0v) is 15.8. The van der Waals surface area contributed by atoms with Gasteiger partial charge in [-0.3, -0.25) is 14.9 Å². The normalized spacial score (nSPS) is 10.5. The van der Waals surface area contributed by atoms with Crippen LogP contribution in [0.5, 0.6) is 0 Å².